The summed E-state index contributed by atoms with van der Waals surface area (Å²) < 4.78 is 5.84. The van der Waals surface area contributed by atoms with E-state index < -0.39 is 0 Å². The fourth-order valence-corrected chi connectivity index (χ4v) is 3.67. The van der Waals surface area contributed by atoms with Crippen molar-refractivity contribution in [3.05, 3.63) is 16.1 Å². The number of nitrogens with zero attached hydrogens (tertiary/aromatic N) is 1. The van der Waals surface area contributed by atoms with E-state index in [1.807, 2.05) is 6.92 Å². The van der Waals surface area contributed by atoms with Gasteiger partial charge in [0, 0.05) is 17.3 Å². The standard InChI is InChI=1S/C11H16N2OS/c1-6(12)9-5-15-11(13-9)8-4-7-2-3-10(8)14-7/h5-8,10H,2-4,12H2,1H3. The van der Waals surface area contributed by atoms with Crippen LogP contribution in [0.4, 0.5) is 0 Å². The molecular formula is C11H16N2OS. The van der Waals surface area contributed by atoms with E-state index in [0.29, 0.717) is 18.1 Å². The molecule has 4 unspecified atom stereocenters. The third kappa shape index (κ3) is 1.61. The summed E-state index contributed by atoms with van der Waals surface area (Å²) in [7, 11) is 0. The predicted molar refractivity (Wildman–Crippen MR) is 60.0 cm³/mol. The van der Waals surface area contributed by atoms with E-state index in [9.17, 15) is 0 Å². The van der Waals surface area contributed by atoms with Crippen molar-refractivity contribution in [1.82, 2.24) is 4.98 Å². The van der Waals surface area contributed by atoms with Crippen LogP contribution >= 0.6 is 11.3 Å². The summed E-state index contributed by atoms with van der Waals surface area (Å²) in [5.74, 6) is 0.543. The second-order valence-corrected chi connectivity index (χ2v) is 5.51. The summed E-state index contributed by atoms with van der Waals surface area (Å²) in [5.41, 5.74) is 6.84. The molecule has 3 heterocycles. The molecule has 3 rings (SSSR count). The number of rotatable bonds is 2. The Labute approximate surface area is 93.7 Å². The Morgan fingerprint density at radius 3 is 3.00 bits per heavy atom. The van der Waals surface area contributed by atoms with Crippen molar-refractivity contribution in [3.63, 3.8) is 0 Å². The molecule has 4 heteroatoms. The second kappa shape index (κ2) is 3.54. The Morgan fingerprint density at radius 2 is 2.47 bits per heavy atom. The van der Waals surface area contributed by atoms with Gasteiger partial charge in [-0.05, 0) is 26.2 Å². The molecule has 0 saturated carbocycles. The number of hydrogen-bond donors (Lipinski definition) is 1. The van der Waals surface area contributed by atoms with Gasteiger partial charge in [0.15, 0.2) is 0 Å². The largest absolute Gasteiger partial charge is 0.374 e. The molecule has 0 amide bonds. The van der Waals surface area contributed by atoms with Crippen LogP contribution in [0.25, 0.3) is 0 Å². The van der Waals surface area contributed by atoms with Gasteiger partial charge >= 0.3 is 0 Å². The third-order valence-electron chi connectivity index (χ3n) is 3.43. The molecule has 3 nitrogen and oxygen atoms in total. The molecule has 0 aliphatic carbocycles. The smallest absolute Gasteiger partial charge is 0.0986 e. The van der Waals surface area contributed by atoms with Gasteiger partial charge in [-0.15, -0.1) is 11.3 Å². The average molecular weight is 224 g/mol. The Balaban J connectivity index is 1.81. The van der Waals surface area contributed by atoms with E-state index >= 15 is 0 Å². The Kier molecular flexibility index (Phi) is 2.30. The van der Waals surface area contributed by atoms with Crippen molar-refractivity contribution in [2.45, 2.75) is 50.4 Å². The molecule has 0 radical (unpaired) electrons. The topological polar surface area (TPSA) is 48.1 Å². The number of hydrogen-bond acceptors (Lipinski definition) is 4. The normalized spacial score (nSPS) is 36.0. The van der Waals surface area contributed by atoms with E-state index in [1.54, 1.807) is 11.3 Å². The lowest BCUT2D eigenvalue weighted by Gasteiger charge is -2.15. The van der Waals surface area contributed by atoms with Crippen LogP contribution in [-0.4, -0.2) is 17.2 Å². The fourth-order valence-electron chi connectivity index (χ4n) is 2.58. The summed E-state index contributed by atoms with van der Waals surface area (Å²) in [6, 6.07) is 0.0505. The maximum absolute atomic E-state index is 5.84. The average Bonchev–Trinajstić information content (AvgIpc) is 2.93. The zero-order chi connectivity index (χ0) is 10.4. The van der Waals surface area contributed by atoms with Crippen LogP contribution in [0.3, 0.4) is 0 Å². The van der Waals surface area contributed by atoms with E-state index in [2.05, 4.69) is 10.4 Å². The second-order valence-electron chi connectivity index (χ2n) is 4.62. The van der Waals surface area contributed by atoms with Crippen LogP contribution < -0.4 is 5.73 Å². The van der Waals surface area contributed by atoms with Crippen molar-refractivity contribution < 1.29 is 4.74 Å². The van der Waals surface area contributed by atoms with Crippen molar-refractivity contribution in [2.24, 2.45) is 5.73 Å². The van der Waals surface area contributed by atoms with Crippen LogP contribution in [-0.2, 0) is 4.74 Å². The van der Waals surface area contributed by atoms with Crippen molar-refractivity contribution in [1.29, 1.82) is 0 Å². The molecule has 2 fully saturated rings. The number of ether oxygens (including phenoxy) is 1. The highest BCUT2D eigenvalue weighted by Gasteiger charge is 2.42. The molecule has 4 atom stereocenters. The first-order valence-electron chi connectivity index (χ1n) is 5.60. The molecule has 2 bridgehead atoms. The van der Waals surface area contributed by atoms with Crippen LogP contribution in [0.5, 0.6) is 0 Å². The highest BCUT2D eigenvalue weighted by Crippen LogP contribution is 2.45. The van der Waals surface area contributed by atoms with Crippen molar-refractivity contribution >= 4 is 11.3 Å². The zero-order valence-electron chi connectivity index (χ0n) is 8.85. The minimum absolute atomic E-state index is 0.0505. The van der Waals surface area contributed by atoms with Crippen LogP contribution in [0.15, 0.2) is 5.38 Å². The van der Waals surface area contributed by atoms with Gasteiger partial charge in [-0.2, -0.15) is 0 Å². The van der Waals surface area contributed by atoms with Crippen LogP contribution in [0.2, 0.25) is 0 Å². The number of fused-ring (bicyclic) bond motifs is 2. The molecule has 15 heavy (non-hydrogen) atoms. The van der Waals surface area contributed by atoms with Gasteiger partial charge in [0.05, 0.1) is 22.9 Å². The Bertz CT molecular complexity index is 363. The lowest BCUT2D eigenvalue weighted by atomic mass is 9.90. The molecule has 0 aromatic carbocycles. The monoisotopic (exact) mass is 224 g/mol. The van der Waals surface area contributed by atoms with Gasteiger partial charge in [-0.25, -0.2) is 4.98 Å². The first-order chi connectivity index (χ1) is 7.24. The summed E-state index contributed by atoms with van der Waals surface area (Å²) in [6.45, 7) is 1.98. The third-order valence-corrected chi connectivity index (χ3v) is 4.42. The van der Waals surface area contributed by atoms with E-state index in [0.717, 1.165) is 12.1 Å². The summed E-state index contributed by atoms with van der Waals surface area (Å²) >= 11 is 1.74. The van der Waals surface area contributed by atoms with Crippen LogP contribution in [0, 0.1) is 0 Å². The maximum atomic E-state index is 5.84. The van der Waals surface area contributed by atoms with E-state index in [-0.39, 0.29) is 6.04 Å². The SMILES string of the molecule is CC(N)c1csc(C2CC3CCC2O3)n1. The minimum atomic E-state index is 0.0505. The zero-order valence-corrected chi connectivity index (χ0v) is 9.67. The summed E-state index contributed by atoms with van der Waals surface area (Å²) in [6.07, 6.45) is 4.55. The number of nitrogens with two attached hydrogens (primary N) is 1. The first-order valence-corrected chi connectivity index (χ1v) is 6.48. The van der Waals surface area contributed by atoms with Gasteiger partial charge in [-0.3, -0.25) is 0 Å². The summed E-state index contributed by atoms with van der Waals surface area (Å²) in [4.78, 5) is 4.62. The van der Waals surface area contributed by atoms with Gasteiger partial charge < -0.3 is 10.5 Å². The Hall–Kier alpha value is -0.450. The molecule has 2 N–H and O–H groups in total. The molecule has 2 aliphatic heterocycles. The van der Waals surface area contributed by atoms with Crippen molar-refractivity contribution in [2.75, 3.05) is 0 Å². The van der Waals surface area contributed by atoms with Crippen LogP contribution in [0.1, 0.15) is 48.8 Å². The maximum Gasteiger partial charge on any atom is 0.0986 e. The number of aromatic nitrogens is 1. The Morgan fingerprint density at radius 1 is 1.60 bits per heavy atom. The fraction of sp³-hybridized carbons (Fsp3) is 0.727. The first kappa shape index (κ1) is 9.75. The quantitative estimate of drug-likeness (QED) is 0.837. The highest BCUT2D eigenvalue weighted by molar-refractivity contribution is 7.09. The van der Waals surface area contributed by atoms with Gasteiger partial charge in [0.2, 0.25) is 0 Å². The minimum Gasteiger partial charge on any atom is -0.374 e. The van der Waals surface area contributed by atoms with Gasteiger partial charge in [-0.1, -0.05) is 0 Å². The van der Waals surface area contributed by atoms with Gasteiger partial charge in [0.1, 0.15) is 0 Å². The highest BCUT2D eigenvalue weighted by atomic mass is 32.1. The molecule has 0 spiro atoms. The molecule has 1 aromatic rings. The molecule has 2 aliphatic rings. The van der Waals surface area contributed by atoms with E-state index in [4.69, 9.17) is 10.5 Å². The van der Waals surface area contributed by atoms with Gasteiger partial charge in [0.25, 0.3) is 0 Å². The lowest BCUT2D eigenvalue weighted by Crippen LogP contribution is -2.14. The molecule has 82 valence electrons. The van der Waals surface area contributed by atoms with Crippen molar-refractivity contribution in [3.8, 4) is 0 Å². The number of thiazole rings is 1. The predicted octanol–water partition coefficient (Wildman–Crippen LogP) is 2.20. The summed E-state index contributed by atoms with van der Waals surface area (Å²) in [5, 5.41) is 3.32. The molecule has 2 saturated heterocycles. The lowest BCUT2D eigenvalue weighted by molar-refractivity contribution is 0.100. The molecule has 1 aromatic heterocycles. The van der Waals surface area contributed by atoms with E-state index in [1.165, 1.54) is 17.8 Å². The molecular weight excluding hydrogens is 208 g/mol.